The first kappa shape index (κ1) is 15.7. The number of hydrogen-bond donors (Lipinski definition) is 1. The molecular formula is C13H13Cl2F4N. The summed E-state index contributed by atoms with van der Waals surface area (Å²) in [6, 6.07) is 1.77. The fourth-order valence-corrected chi connectivity index (χ4v) is 3.04. The lowest BCUT2D eigenvalue weighted by Gasteiger charge is -2.34. The van der Waals surface area contributed by atoms with Gasteiger partial charge in [0, 0.05) is 11.7 Å². The highest BCUT2D eigenvalue weighted by Crippen LogP contribution is 2.39. The Balaban J connectivity index is 2.19. The molecule has 1 N–H and O–H groups in total. The van der Waals surface area contributed by atoms with Crippen LogP contribution in [0.4, 0.5) is 23.2 Å². The molecular weight excluding hydrogens is 317 g/mol. The van der Waals surface area contributed by atoms with Crippen molar-refractivity contribution in [2.75, 3.05) is 5.32 Å². The second-order valence-corrected chi connectivity index (χ2v) is 5.75. The molecule has 0 aliphatic heterocycles. The average Bonchev–Trinajstić information content (AvgIpc) is 2.35. The van der Waals surface area contributed by atoms with Crippen molar-refractivity contribution >= 4 is 28.9 Å². The van der Waals surface area contributed by atoms with E-state index in [0.717, 1.165) is 6.42 Å². The Hall–Kier alpha value is -0.680. The molecule has 0 bridgehead atoms. The van der Waals surface area contributed by atoms with Crippen LogP contribution in [0, 0.1) is 11.7 Å². The molecule has 1 saturated carbocycles. The maximum absolute atomic E-state index is 13.3. The molecule has 7 heteroatoms. The molecule has 0 spiro atoms. The Bertz CT molecular complexity index is 467. The Morgan fingerprint density at radius 3 is 2.15 bits per heavy atom. The SMILES string of the molecule is Fc1c(Cl)cc(NC2CCCCC2C(F)(F)F)cc1Cl. The predicted molar refractivity (Wildman–Crippen MR) is 71.8 cm³/mol. The zero-order valence-electron chi connectivity index (χ0n) is 10.4. The van der Waals surface area contributed by atoms with Gasteiger partial charge < -0.3 is 5.32 Å². The summed E-state index contributed by atoms with van der Waals surface area (Å²) in [5, 5.41) is 2.37. The lowest BCUT2D eigenvalue weighted by Crippen LogP contribution is -2.41. The van der Waals surface area contributed by atoms with Crippen LogP contribution in [-0.2, 0) is 0 Å². The summed E-state index contributed by atoms with van der Waals surface area (Å²) >= 11 is 11.3. The van der Waals surface area contributed by atoms with E-state index in [-0.39, 0.29) is 16.5 Å². The monoisotopic (exact) mass is 329 g/mol. The zero-order valence-corrected chi connectivity index (χ0v) is 11.9. The van der Waals surface area contributed by atoms with Crippen LogP contribution in [0.1, 0.15) is 25.7 Å². The van der Waals surface area contributed by atoms with Crippen LogP contribution in [0.5, 0.6) is 0 Å². The highest BCUT2D eigenvalue weighted by molar-refractivity contribution is 6.35. The number of halogens is 6. The lowest BCUT2D eigenvalue weighted by molar-refractivity contribution is -0.184. The second-order valence-electron chi connectivity index (χ2n) is 4.94. The number of anilines is 1. The Morgan fingerprint density at radius 1 is 1.05 bits per heavy atom. The first-order valence-corrected chi connectivity index (χ1v) is 7.02. The number of hydrogen-bond acceptors (Lipinski definition) is 1. The normalized spacial score (nSPS) is 23.7. The highest BCUT2D eigenvalue weighted by atomic mass is 35.5. The smallest absolute Gasteiger partial charge is 0.382 e. The van der Waals surface area contributed by atoms with E-state index in [1.54, 1.807) is 0 Å². The molecule has 0 saturated heterocycles. The van der Waals surface area contributed by atoms with Crippen molar-refractivity contribution in [3.63, 3.8) is 0 Å². The van der Waals surface area contributed by atoms with Crippen LogP contribution in [0.25, 0.3) is 0 Å². The van der Waals surface area contributed by atoms with Crippen LogP contribution in [0.2, 0.25) is 10.0 Å². The molecule has 0 aromatic heterocycles. The summed E-state index contributed by atoms with van der Waals surface area (Å²) in [6.07, 6.45) is -2.44. The number of rotatable bonds is 2. The Morgan fingerprint density at radius 2 is 1.60 bits per heavy atom. The molecule has 1 aromatic carbocycles. The number of benzene rings is 1. The van der Waals surface area contributed by atoms with E-state index in [0.29, 0.717) is 18.5 Å². The molecule has 0 amide bonds. The largest absolute Gasteiger partial charge is 0.393 e. The quantitative estimate of drug-likeness (QED) is 0.544. The van der Waals surface area contributed by atoms with E-state index in [1.807, 2.05) is 0 Å². The van der Waals surface area contributed by atoms with Gasteiger partial charge in [-0.05, 0) is 25.0 Å². The summed E-state index contributed by atoms with van der Waals surface area (Å²) in [4.78, 5) is 0. The van der Waals surface area contributed by atoms with Gasteiger partial charge in [0.05, 0.1) is 16.0 Å². The van der Waals surface area contributed by atoms with Gasteiger partial charge in [-0.2, -0.15) is 13.2 Å². The standard InChI is InChI=1S/C13H13Cl2F4N/c14-9-5-7(6-10(15)12(9)16)20-11-4-2-1-3-8(11)13(17,18)19/h5-6,8,11,20H,1-4H2. The third kappa shape index (κ3) is 3.50. The van der Waals surface area contributed by atoms with Crippen LogP contribution in [-0.4, -0.2) is 12.2 Å². The molecule has 1 aliphatic carbocycles. The van der Waals surface area contributed by atoms with Crippen molar-refractivity contribution < 1.29 is 17.6 Å². The fraction of sp³-hybridized carbons (Fsp3) is 0.538. The Labute approximate surface area is 124 Å². The molecule has 0 heterocycles. The first-order valence-electron chi connectivity index (χ1n) is 6.27. The van der Waals surface area contributed by atoms with Crippen LogP contribution >= 0.6 is 23.2 Å². The summed E-state index contributed by atoms with van der Waals surface area (Å²) in [7, 11) is 0. The van der Waals surface area contributed by atoms with Crippen molar-refractivity contribution in [1.29, 1.82) is 0 Å². The van der Waals surface area contributed by atoms with Gasteiger partial charge in [-0.3, -0.25) is 0 Å². The van der Waals surface area contributed by atoms with Crippen molar-refractivity contribution in [2.24, 2.45) is 5.92 Å². The summed E-state index contributed by atoms with van der Waals surface area (Å²) < 4.78 is 52.2. The van der Waals surface area contributed by atoms with Gasteiger partial charge in [-0.25, -0.2) is 4.39 Å². The lowest BCUT2D eigenvalue weighted by atomic mass is 9.84. The van der Waals surface area contributed by atoms with Crippen molar-refractivity contribution in [3.05, 3.63) is 28.0 Å². The van der Waals surface area contributed by atoms with E-state index in [1.165, 1.54) is 12.1 Å². The maximum atomic E-state index is 13.3. The van der Waals surface area contributed by atoms with E-state index in [2.05, 4.69) is 5.32 Å². The van der Waals surface area contributed by atoms with Crippen LogP contribution in [0.15, 0.2) is 12.1 Å². The number of alkyl halides is 3. The third-order valence-corrected chi connectivity index (χ3v) is 4.07. The molecule has 0 radical (unpaired) electrons. The van der Waals surface area contributed by atoms with E-state index < -0.39 is 24.0 Å². The molecule has 2 rings (SSSR count). The molecule has 20 heavy (non-hydrogen) atoms. The zero-order chi connectivity index (χ0) is 14.9. The minimum absolute atomic E-state index is 0.101. The van der Waals surface area contributed by atoms with Gasteiger partial charge in [0.25, 0.3) is 0 Å². The fourth-order valence-electron chi connectivity index (χ4n) is 2.55. The van der Waals surface area contributed by atoms with Crippen LogP contribution < -0.4 is 5.32 Å². The maximum Gasteiger partial charge on any atom is 0.393 e. The minimum atomic E-state index is -4.24. The molecule has 1 fully saturated rings. The molecule has 2 unspecified atom stereocenters. The van der Waals surface area contributed by atoms with E-state index in [9.17, 15) is 17.6 Å². The summed E-state index contributed by atoms with van der Waals surface area (Å²) in [5.41, 5.74) is 0.308. The van der Waals surface area contributed by atoms with Gasteiger partial charge in [0.2, 0.25) is 0 Å². The Kier molecular flexibility index (Phi) is 4.69. The molecule has 2 atom stereocenters. The van der Waals surface area contributed by atoms with Crippen molar-refractivity contribution in [3.8, 4) is 0 Å². The van der Waals surface area contributed by atoms with Gasteiger partial charge >= 0.3 is 6.18 Å². The molecule has 1 aliphatic rings. The predicted octanol–water partition coefficient (Wildman–Crippen LogP) is 5.67. The van der Waals surface area contributed by atoms with Gasteiger partial charge in [-0.15, -0.1) is 0 Å². The van der Waals surface area contributed by atoms with E-state index >= 15 is 0 Å². The molecule has 1 aromatic rings. The minimum Gasteiger partial charge on any atom is -0.382 e. The highest BCUT2D eigenvalue weighted by Gasteiger charge is 2.45. The summed E-state index contributed by atoms with van der Waals surface area (Å²) in [6.45, 7) is 0. The van der Waals surface area contributed by atoms with Gasteiger partial charge in [0.15, 0.2) is 5.82 Å². The number of nitrogens with one attached hydrogen (secondary N) is 1. The third-order valence-electron chi connectivity index (χ3n) is 3.52. The van der Waals surface area contributed by atoms with Crippen molar-refractivity contribution in [2.45, 2.75) is 37.9 Å². The topological polar surface area (TPSA) is 12.0 Å². The average molecular weight is 330 g/mol. The van der Waals surface area contributed by atoms with E-state index in [4.69, 9.17) is 23.2 Å². The summed E-state index contributed by atoms with van der Waals surface area (Å²) in [5.74, 6) is -2.17. The van der Waals surface area contributed by atoms with Crippen LogP contribution in [0.3, 0.4) is 0 Å². The van der Waals surface area contributed by atoms with Gasteiger partial charge in [-0.1, -0.05) is 36.0 Å². The van der Waals surface area contributed by atoms with Crippen molar-refractivity contribution in [1.82, 2.24) is 0 Å². The van der Waals surface area contributed by atoms with Gasteiger partial charge in [0.1, 0.15) is 0 Å². The first-order chi connectivity index (χ1) is 9.29. The second kappa shape index (κ2) is 5.98. The molecule has 1 nitrogen and oxygen atoms in total. The molecule has 112 valence electrons.